The molecule has 1 heteroatoms. The van der Waals surface area contributed by atoms with Crippen molar-refractivity contribution in [3.63, 3.8) is 0 Å². The molecule has 1 nitrogen and oxygen atoms in total. The van der Waals surface area contributed by atoms with E-state index < -0.39 is 0 Å². The minimum Gasteiger partial charge on any atom is -0.295 e. The lowest BCUT2D eigenvalue weighted by atomic mass is 9.75. The van der Waals surface area contributed by atoms with Gasteiger partial charge < -0.3 is 0 Å². The van der Waals surface area contributed by atoms with E-state index in [1.54, 1.807) is 6.08 Å². The Morgan fingerprint density at radius 2 is 1.69 bits per heavy atom. The third-order valence-electron chi connectivity index (χ3n) is 2.91. The maximum atomic E-state index is 11.6. The molecule has 13 heavy (non-hydrogen) atoms. The second kappa shape index (κ2) is 4.59. The van der Waals surface area contributed by atoms with Crippen LogP contribution in [0.15, 0.2) is 12.2 Å². The molecule has 0 aromatic heterocycles. The first-order valence-corrected chi connectivity index (χ1v) is 5.30. The third kappa shape index (κ3) is 2.98. The zero-order chi connectivity index (χ0) is 9.84. The summed E-state index contributed by atoms with van der Waals surface area (Å²) in [6.07, 6.45) is 7.06. The molecule has 1 aliphatic rings. The van der Waals surface area contributed by atoms with Gasteiger partial charge in [-0.15, -0.1) is 0 Å². The van der Waals surface area contributed by atoms with Gasteiger partial charge in [0.1, 0.15) is 0 Å². The van der Waals surface area contributed by atoms with Gasteiger partial charge in [-0.3, -0.25) is 4.79 Å². The van der Waals surface area contributed by atoms with Crippen LogP contribution >= 0.6 is 0 Å². The first-order valence-electron chi connectivity index (χ1n) is 5.30. The molecule has 0 N–H and O–H groups in total. The molecule has 0 bridgehead atoms. The topological polar surface area (TPSA) is 17.1 Å². The number of rotatable bonds is 2. The Kier molecular flexibility index (Phi) is 3.71. The number of carbonyl (C=O) groups excluding carboxylic acids is 1. The normalized spacial score (nSPS) is 35.2. The smallest absolute Gasteiger partial charge is 0.158 e. The van der Waals surface area contributed by atoms with Gasteiger partial charge in [0.15, 0.2) is 5.78 Å². The van der Waals surface area contributed by atoms with Gasteiger partial charge in [-0.05, 0) is 44.1 Å². The molecule has 2 atom stereocenters. The first-order chi connectivity index (χ1) is 6.13. The molecule has 1 rings (SSSR count). The maximum absolute atomic E-state index is 11.6. The Bertz CT molecular complexity index is 195. The zero-order valence-electron chi connectivity index (χ0n) is 8.92. The average Bonchev–Trinajstić information content (AvgIpc) is 2.03. The quantitative estimate of drug-likeness (QED) is 0.596. The molecule has 74 valence electrons. The second-order valence-electron chi connectivity index (χ2n) is 4.52. The van der Waals surface area contributed by atoms with Crippen LogP contribution in [0.3, 0.4) is 0 Å². The molecule has 0 heterocycles. The number of ketones is 1. The fraction of sp³-hybridized carbons (Fsp3) is 0.750. The van der Waals surface area contributed by atoms with Gasteiger partial charge in [-0.1, -0.05) is 19.9 Å². The lowest BCUT2D eigenvalue weighted by Crippen LogP contribution is -2.24. The molecule has 1 saturated carbocycles. The summed E-state index contributed by atoms with van der Waals surface area (Å²) in [6, 6.07) is 0. The van der Waals surface area contributed by atoms with Crippen LogP contribution in [0.2, 0.25) is 0 Å². The number of hydrogen-bond donors (Lipinski definition) is 0. The molecule has 1 aliphatic carbocycles. The Morgan fingerprint density at radius 3 is 2.15 bits per heavy atom. The van der Waals surface area contributed by atoms with Gasteiger partial charge in [0.25, 0.3) is 0 Å². The summed E-state index contributed by atoms with van der Waals surface area (Å²) in [5, 5.41) is 0. The van der Waals surface area contributed by atoms with Crippen molar-refractivity contribution < 1.29 is 4.79 Å². The van der Waals surface area contributed by atoms with Gasteiger partial charge in [0.2, 0.25) is 0 Å². The van der Waals surface area contributed by atoms with Gasteiger partial charge in [-0.2, -0.15) is 0 Å². The van der Waals surface area contributed by atoms with E-state index in [1.165, 1.54) is 6.42 Å². The maximum Gasteiger partial charge on any atom is 0.158 e. The number of carbonyl (C=O) groups is 1. The van der Waals surface area contributed by atoms with Crippen molar-refractivity contribution in [1.29, 1.82) is 0 Å². The van der Waals surface area contributed by atoms with Crippen molar-refractivity contribution in [1.82, 2.24) is 0 Å². The van der Waals surface area contributed by atoms with Gasteiger partial charge in [0, 0.05) is 5.92 Å². The van der Waals surface area contributed by atoms with Crippen molar-refractivity contribution in [2.75, 3.05) is 0 Å². The van der Waals surface area contributed by atoms with Gasteiger partial charge >= 0.3 is 0 Å². The summed E-state index contributed by atoms with van der Waals surface area (Å²) >= 11 is 0. The summed E-state index contributed by atoms with van der Waals surface area (Å²) < 4.78 is 0. The summed E-state index contributed by atoms with van der Waals surface area (Å²) in [5.74, 6) is 2.08. The minimum absolute atomic E-state index is 0.301. The van der Waals surface area contributed by atoms with Crippen molar-refractivity contribution in [3.8, 4) is 0 Å². The molecule has 2 unspecified atom stereocenters. The highest BCUT2D eigenvalue weighted by Gasteiger charge is 2.27. The monoisotopic (exact) mass is 180 g/mol. The second-order valence-corrected chi connectivity index (χ2v) is 4.52. The molecule has 1 fully saturated rings. The van der Waals surface area contributed by atoms with E-state index in [-0.39, 0.29) is 0 Å². The molecule has 0 radical (unpaired) electrons. The largest absolute Gasteiger partial charge is 0.295 e. The highest BCUT2D eigenvalue weighted by atomic mass is 16.1. The lowest BCUT2D eigenvalue weighted by Gasteiger charge is -2.29. The molecule has 0 amide bonds. The predicted molar refractivity (Wildman–Crippen MR) is 55.5 cm³/mol. The van der Waals surface area contributed by atoms with Crippen LogP contribution in [0.1, 0.15) is 40.0 Å². The van der Waals surface area contributed by atoms with Crippen LogP contribution in [-0.2, 0) is 4.79 Å². The van der Waals surface area contributed by atoms with Crippen molar-refractivity contribution in [2.24, 2.45) is 17.8 Å². The molecule has 0 spiro atoms. The highest BCUT2D eigenvalue weighted by Crippen LogP contribution is 2.33. The van der Waals surface area contributed by atoms with E-state index >= 15 is 0 Å². The van der Waals surface area contributed by atoms with Crippen LogP contribution in [-0.4, -0.2) is 5.78 Å². The molecule has 0 aromatic rings. The molecule has 0 aromatic carbocycles. The first kappa shape index (κ1) is 10.5. The van der Waals surface area contributed by atoms with E-state index in [0.29, 0.717) is 11.7 Å². The summed E-state index contributed by atoms with van der Waals surface area (Å²) in [5.41, 5.74) is 0. The molecule has 0 aliphatic heterocycles. The van der Waals surface area contributed by atoms with E-state index in [2.05, 4.69) is 13.8 Å². The molecular weight excluding hydrogens is 160 g/mol. The van der Waals surface area contributed by atoms with E-state index in [0.717, 1.165) is 24.7 Å². The van der Waals surface area contributed by atoms with Crippen LogP contribution in [0, 0.1) is 17.8 Å². The van der Waals surface area contributed by atoms with Crippen molar-refractivity contribution in [2.45, 2.75) is 40.0 Å². The van der Waals surface area contributed by atoms with E-state index in [1.807, 2.05) is 13.0 Å². The molecular formula is C12H20O. The Morgan fingerprint density at radius 1 is 1.15 bits per heavy atom. The lowest BCUT2D eigenvalue weighted by molar-refractivity contribution is -0.120. The van der Waals surface area contributed by atoms with Crippen LogP contribution < -0.4 is 0 Å². The standard InChI is InChI=1S/C12H20O/c1-4-5-12(13)11-7-9(2)6-10(3)8-11/h4-5,9-11H,6-8H2,1-3H3/b5-4+. The number of hydrogen-bond acceptors (Lipinski definition) is 1. The van der Waals surface area contributed by atoms with Gasteiger partial charge in [0.05, 0.1) is 0 Å². The van der Waals surface area contributed by atoms with E-state index in [4.69, 9.17) is 0 Å². The fourth-order valence-corrected chi connectivity index (χ4v) is 2.48. The van der Waals surface area contributed by atoms with Crippen LogP contribution in [0.5, 0.6) is 0 Å². The fourth-order valence-electron chi connectivity index (χ4n) is 2.48. The SMILES string of the molecule is C/C=C/C(=O)C1CC(C)CC(C)C1. The average molecular weight is 180 g/mol. The van der Waals surface area contributed by atoms with Crippen molar-refractivity contribution >= 4 is 5.78 Å². The number of allylic oxidation sites excluding steroid dienone is 2. The van der Waals surface area contributed by atoms with E-state index in [9.17, 15) is 4.79 Å². The van der Waals surface area contributed by atoms with Crippen LogP contribution in [0.25, 0.3) is 0 Å². The Balaban J connectivity index is 2.54. The summed E-state index contributed by atoms with van der Waals surface area (Å²) in [4.78, 5) is 11.6. The third-order valence-corrected chi connectivity index (χ3v) is 2.91. The van der Waals surface area contributed by atoms with Crippen molar-refractivity contribution in [3.05, 3.63) is 12.2 Å². The van der Waals surface area contributed by atoms with Crippen LogP contribution in [0.4, 0.5) is 0 Å². The Hall–Kier alpha value is -0.590. The Labute approximate surface area is 81.2 Å². The van der Waals surface area contributed by atoms with Gasteiger partial charge in [-0.25, -0.2) is 0 Å². The summed E-state index contributed by atoms with van der Waals surface area (Å²) in [7, 11) is 0. The molecule has 0 saturated heterocycles. The zero-order valence-corrected chi connectivity index (χ0v) is 8.92. The predicted octanol–water partition coefficient (Wildman–Crippen LogP) is 3.20. The highest BCUT2D eigenvalue weighted by molar-refractivity contribution is 5.91. The summed E-state index contributed by atoms with van der Waals surface area (Å²) in [6.45, 7) is 6.42. The minimum atomic E-state index is 0.301.